The van der Waals surface area contributed by atoms with Crippen LogP contribution < -0.4 is 4.40 Å². The molecule has 0 bridgehead atoms. The van der Waals surface area contributed by atoms with Crippen molar-refractivity contribution in [3.8, 4) is 0 Å². The van der Waals surface area contributed by atoms with E-state index in [1.807, 2.05) is 22.2 Å². The zero-order chi connectivity index (χ0) is 6.97. The van der Waals surface area contributed by atoms with Crippen molar-refractivity contribution in [3.63, 3.8) is 0 Å². The lowest BCUT2D eigenvalue weighted by Gasteiger charge is -1.78. The predicted molar refractivity (Wildman–Crippen MR) is 43.0 cm³/mol. The van der Waals surface area contributed by atoms with E-state index in [-0.39, 0.29) is 0 Å². The largest absolute Gasteiger partial charge is 0.286 e. The van der Waals surface area contributed by atoms with Crippen LogP contribution in [0.3, 0.4) is 0 Å². The van der Waals surface area contributed by atoms with Gasteiger partial charge in [0.1, 0.15) is 6.20 Å². The fourth-order valence-corrected chi connectivity index (χ4v) is 2.21. The lowest BCUT2D eigenvalue weighted by Crippen LogP contribution is -2.18. The molecule has 0 radical (unpaired) electrons. The van der Waals surface area contributed by atoms with E-state index in [1.54, 1.807) is 17.5 Å². The van der Waals surface area contributed by atoms with Crippen LogP contribution in [0.15, 0.2) is 28.6 Å². The molecule has 0 N–H and O–H groups in total. The quantitative estimate of drug-likeness (QED) is 0.612. The zero-order valence-corrected chi connectivity index (χ0v) is 7.39. The minimum atomic E-state index is 1.08. The van der Waals surface area contributed by atoms with Crippen LogP contribution >= 0.6 is 27.3 Å². The molecule has 0 aromatic carbocycles. The fraction of sp³-hybridized carbons (Fsp3) is 0. The van der Waals surface area contributed by atoms with Crippen molar-refractivity contribution in [1.29, 1.82) is 0 Å². The highest BCUT2D eigenvalue weighted by molar-refractivity contribution is 9.10. The van der Waals surface area contributed by atoms with Gasteiger partial charge in [0, 0.05) is 15.9 Å². The number of aromatic nitrogens is 2. The second-order valence-corrected chi connectivity index (χ2v) is 3.55. The van der Waals surface area contributed by atoms with Gasteiger partial charge in [0.15, 0.2) is 6.20 Å². The SMILES string of the molecule is Brc1csc2cncc[n+]12. The van der Waals surface area contributed by atoms with Crippen LogP contribution in [-0.2, 0) is 0 Å². The summed E-state index contributed by atoms with van der Waals surface area (Å²) in [6.45, 7) is 0. The maximum Gasteiger partial charge on any atom is 0.286 e. The molecule has 4 heteroatoms. The Bertz CT molecular complexity index is 357. The molecule has 2 heterocycles. The van der Waals surface area contributed by atoms with Gasteiger partial charge >= 0.3 is 0 Å². The van der Waals surface area contributed by atoms with Crippen LogP contribution in [0.4, 0.5) is 0 Å². The summed E-state index contributed by atoms with van der Waals surface area (Å²) in [7, 11) is 0. The number of fused-ring (bicyclic) bond motifs is 1. The molecule has 2 rings (SSSR count). The predicted octanol–water partition coefficient (Wildman–Crippen LogP) is 1.64. The van der Waals surface area contributed by atoms with Gasteiger partial charge in [0.05, 0.1) is 11.6 Å². The van der Waals surface area contributed by atoms with Crippen LogP contribution in [0.5, 0.6) is 0 Å². The molecule has 2 nitrogen and oxygen atoms in total. The molecule has 0 amide bonds. The third-order valence-electron chi connectivity index (χ3n) is 1.23. The first-order chi connectivity index (χ1) is 4.88. The molecule has 0 saturated heterocycles. The van der Waals surface area contributed by atoms with E-state index >= 15 is 0 Å². The Morgan fingerprint density at radius 1 is 1.60 bits per heavy atom. The summed E-state index contributed by atoms with van der Waals surface area (Å²) >= 11 is 5.08. The van der Waals surface area contributed by atoms with Crippen molar-refractivity contribution >= 4 is 32.1 Å². The molecule has 0 atom stereocenters. The fourth-order valence-electron chi connectivity index (χ4n) is 0.777. The van der Waals surface area contributed by atoms with Crippen LogP contribution in [0.2, 0.25) is 0 Å². The molecule has 10 heavy (non-hydrogen) atoms. The van der Waals surface area contributed by atoms with Gasteiger partial charge in [-0.05, 0) is 0 Å². The van der Waals surface area contributed by atoms with Gasteiger partial charge in [0.2, 0.25) is 0 Å². The molecule has 0 saturated carbocycles. The lowest BCUT2D eigenvalue weighted by atomic mass is 10.7. The highest BCUT2D eigenvalue weighted by atomic mass is 79.9. The van der Waals surface area contributed by atoms with Gasteiger partial charge in [0.25, 0.3) is 9.43 Å². The second kappa shape index (κ2) is 2.29. The Balaban J connectivity index is 2.93. The third kappa shape index (κ3) is 0.839. The maximum atomic E-state index is 3.99. The van der Waals surface area contributed by atoms with E-state index in [0.717, 1.165) is 9.43 Å². The first kappa shape index (κ1) is 6.24. The standard InChI is InChI=1S/C6H4BrN2S/c7-5-4-10-6-3-8-1-2-9(5)6/h1-4H/q+1. The summed E-state index contributed by atoms with van der Waals surface area (Å²) in [4.78, 5) is 5.14. The topological polar surface area (TPSA) is 17.0 Å². The summed E-state index contributed by atoms with van der Waals surface area (Å²) < 4.78 is 3.12. The summed E-state index contributed by atoms with van der Waals surface area (Å²) in [5, 5.41) is 2.04. The normalized spacial score (nSPS) is 10.5. The minimum Gasteiger partial charge on any atom is -0.251 e. The highest BCUT2D eigenvalue weighted by Crippen LogP contribution is 2.11. The van der Waals surface area contributed by atoms with Gasteiger partial charge in [-0.3, -0.25) is 4.98 Å². The third-order valence-corrected chi connectivity index (χ3v) is 3.03. The number of nitrogens with zero attached hydrogens (tertiary/aromatic N) is 2. The number of halogens is 1. The van der Waals surface area contributed by atoms with Crippen LogP contribution in [0.1, 0.15) is 0 Å². The highest BCUT2D eigenvalue weighted by Gasteiger charge is 2.07. The average Bonchev–Trinajstić information content (AvgIpc) is 2.34. The molecule has 0 fully saturated rings. The van der Waals surface area contributed by atoms with Crippen LogP contribution in [0, 0.1) is 0 Å². The Kier molecular flexibility index (Phi) is 1.43. The molecule has 0 aliphatic heterocycles. The zero-order valence-electron chi connectivity index (χ0n) is 4.99. The monoisotopic (exact) mass is 215 g/mol. The van der Waals surface area contributed by atoms with E-state index in [4.69, 9.17) is 0 Å². The number of hydrogen-bond donors (Lipinski definition) is 0. The van der Waals surface area contributed by atoms with Gasteiger partial charge in [-0.25, -0.2) is 0 Å². The van der Waals surface area contributed by atoms with Crippen molar-refractivity contribution in [1.82, 2.24) is 4.98 Å². The van der Waals surface area contributed by atoms with Gasteiger partial charge in [-0.1, -0.05) is 11.3 Å². The Morgan fingerprint density at radius 2 is 2.50 bits per heavy atom. The van der Waals surface area contributed by atoms with E-state index in [9.17, 15) is 0 Å². The van der Waals surface area contributed by atoms with E-state index < -0.39 is 0 Å². The molecule has 0 unspecified atom stereocenters. The molecule has 0 aliphatic rings. The summed E-state index contributed by atoms with van der Waals surface area (Å²) in [5.41, 5.74) is 0. The van der Waals surface area contributed by atoms with Crippen LogP contribution in [-0.4, -0.2) is 4.98 Å². The Labute approximate surface area is 70.3 Å². The number of thiazole rings is 1. The molecule has 0 aliphatic carbocycles. The molecular weight excluding hydrogens is 212 g/mol. The molecule has 0 spiro atoms. The first-order valence-electron chi connectivity index (χ1n) is 2.76. The molecule has 2 aromatic rings. The Morgan fingerprint density at radius 3 is 3.30 bits per heavy atom. The van der Waals surface area contributed by atoms with Crippen molar-refractivity contribution in [3.05, 3.63) is 28.6 Å². The smallest absolute Gasteiger partial charge is 0.251 e. The van der Waals surface area contributed by atoms with E-state index in [1.165, 1.54) is 0 Å². The van der Waals surface area contributed by atoms with Crippen LogP contribution in [0.25, 0.3) is 4.83 Å². The summed E-state index contributed by atoms with van der Waals surface area (Å²) in [6, 6.07) is 0. The van der Waals surface area contributed by atoms with Crippen molar-refractivity contribution in [2.24, 2.45) is 0 Å². The molecule has 2 aromatic heterocycles. The minimum absolute atomic E-state index is 1.08. The van der Waals surface area contributed by atoms with E-state index in [0.29, 0.717) is 0 Å². The van der Waals surface area contributed by atoms with Crippen molar-refractivity contribution in [2.45, 2.75) is 0 Å². The van der Waals surface area contributed by atoms with Gasteiger partial charge in [-0.2, -0.15) is 0 Å². The Hall–Kier alpha value is -0.480. The van der Waals surface area contributed by atoms with Crippen molar-refractivity contribution < 1.29 is 4.40 Å². The maximum absolute atomic E-state index is 3.99. The van der Waals surface area contributed by atoms with Crippen molar-refractivity contribution in [2.75, 3.05) is 0 Å². The lowest BCUT2D eigenvalue weighted by molar-refractivity contribution is -0.520. The second-order valence-electron chi connectivity index (χ2n) is 1.84. The summed E-state index contributed by atoms with van der Waals surface area (Å²) in [6.07, 6.45) is 5.54. The molecule has 50 valence electrons. The average molecular weight is 216 g/mol. The number of rotatable bonds is 0. The first-order valence-corrected chi connectivity index (χ1v) is 4.43. The molecular formula is C6H4BrN2S+. The van der Waals surface area contributed by atoms with Gasteiger partial charge < -0.3 is 0 Å². The van der Waals surface area contributed by atoms with E-state index in [2.05, 4.69) is 20.9 Å². The van der Waals surface area contributed by atoms with Gasteiger partial charge in [-0.15, -0.1) is 4.40 Å². The summed E-state index contributed by atoms with van der Waals surface area (Å²) in [5.74, 6) is 0. The number of hydrogen-bond acceptors (Lipinski definition) is 2.